The molecular formula is C10H16. The topological polar surface area (TPSA) is 0 Å². The molecule has 3 rings (SSSR count). The van der Waals surface area contributed by atoms with Crippen molar-refractivity contribution < 1.29 is 0 Å². The van der Waals surface area contributed by atoms with E-state index in [-0.39, 0.29) is 0 Å². The second-order valence-electron chi connectivity index (χ2n) is 5.52. The highest BCUT2D eigenvalue weighted by Gasteiger charge is 2.77. The fraction of sp³-hybridized carbons (Fsp3) is 1.00. The van der Waals surface area contributed by atoms with E-state index in [4.69, 9.17) is 0 Å². The van der Waals surface area contributed by atoms with Crippen LogP contribution >= 0.6 is 0 Å². The molecule has 3 saturated carbocycles. The van der Waals surface area contributed by atoms with E-state index < -0.39 is 0 Å². The highest BCUT2D eigenvalue weighted by Crippen LogP contribution is 2.84. The molecule has 0 heterocycles. The first kappa shape index (κ1) is 5.62. The summed E-state index contributed by atoms with van der Waals surface area (Å²) in [6.07, 6.45) is 6.21. The first-order chi connectivity index (χ1) is 4.64. The molecular weight excluding hydrogens is 120 g/mol. The monoisotopic (exact) mass is 136 g/mol. The SMILES string of the molecule is CC1(C)CCC2(C1)C1CC12. The van der Waals surface area contributed by atoms with Crippen molar-refractivity contribution in [2.75, 3.05) is 0 Å². The van der Waals surface area contributed by atoms with Gasteiger partial charge in [-0.1, -0.05) is 13.8 Å². The quantitative estimate of drug-likeness (QED) is 0.480. The Kier molecular flexibility index (Phi) is 0.669. The lowest BCUT2D eigenvalue weighted by Crippen LogP contribution is -2.10. The first-order valence-corrected chi connectivity index (χ1v) is 4.64. The van der Waals surface area contributed by atoms with Crippen molar-refractivity contribution in [2.24, 2.45) is 22.7 Å². The molecule has 0 nitrogen and oxygen atoms in total. The molecule has 0 aliphatic heterocycles. The van der Waals surface area contributed by atoms with Gasteiger partial charge in [-0.2, -0.15) is 0 Å². The van der Waals surface area contributed by atoms with Gasteiger partial charge in [0.1, 0.15) is 0 Å². The van der Waals surface area contributed by atoms with Gasteiger partial charge in [0.25, 0.3) is 0 Å². The maximum Gasteiger partial charge on any atom is -0.0230 e. The summed E-state index contributed by atoms with van der Waals surface area (Å²) < 4.78 is 0. The summed E-state index contributed by atoms with van der Waals surface area (Å²) in [5, 5.41) is 0. The van der Waals surface area contributed by atoms with E-state index in [0.29, 0.717) is 5.41 Å². The van der Waals surface area contributed by atoms with E-state index in [1.807, 2.05) is 0 Å². The fourth-order valence-electron chi connectivity index (χ4n) is 3.45. The van der Waals surface area contributed by atoms with Crippen molar-refractivity contribution in [1.29, 1.82) is 0 Å². The zero-order valence-electron chi connectivity index (χ0n) is 6.98. The van der Waals surface area contributed by atoms with Crippen LogP contribution in [0, 0.1) is 22.7 Å². The van der Waals surface area contributed by atoms with Crippen LogP contribution in [0.5, 0.6) is 0 Å². The molecule has 2 unspecified atom stereocenters. The van der Waals surface area contributed by atoms with Gasteiger partial charge in [-0.25, -0.2) is 0 Å². The average molecular weight is 136 g/mol. The van der Waals surface area contributed by atoms with Crippen molar-refractivity contribution in [3.63, 3.8) is 0 Å². The minimum Gasteiger partial charge on any atom is -0.0599 e. The van der Waals surface area contributed by atoms with E-state index in [2.05, 4.69) is 13.8 Å². The minimum absolute atomic E-state index is 0.702. The molecule has 0 aromatic carbocycles. The smallest absolute Gasteiger partial charge is 0.0230 e. The predicted octanol–water partition coefficient (Wildman–Crippen LogP) is 2.83. The lowest BCUT2D eigenvalue weighted by atomic mass is 9.86. The molecule has 56 valence electrons. The Morgan fingerprint density at radius 2 is 1.80 bits per heavy atom. The fourth-order valence-corrected chi connectivity index (χ4v) is 3.45. The average Bonchev–Trinajstić information content (AvgIpc) is 2.65. The van der Waals surface area contributed by atoms with Gasteiger partial charge in [-0.15, -0.1) is 0 Å². The summed E-state index contributed by atoms with van der Waals surface area (Å²) in [6, 6.07) is 0. The molecule has 3 aliphatic rings. The molecule has 0 radical (unpaired) electrons. The number of rotatable bonds is 0. The van der Waals surface area contributed by atoms with Crippen molar-refractivity contribution in [2.45, 2.75) is 39.5 Å². The molecule has 0 aromatic rings. The zero-order chi connectivity index (χ0) is 6.98. The van der Waals surface area contributed by atoms with Crippen molar-refractivity contribution in [3.05, 3.63) is 0 Å². The standard InChI is InChI=1S/C10H16/c1-9(2)3-4-10(6-9)7-5-8(7)10/h7-8H,3-6H2,1-2H3. The van der Waals surface area contributed by atoms with Crippen LogP contribution in [0.3, 0.4) is 0 Å². The van der Waals surface area contributed by atoms with Gasteiger partial charge in [0.2, 0.25) is 0 Å². The van der Waals surface area contributed by atoms with E-state index in [1.54, 1.807) is 19.3 Å². The van der Waals surface area contributed by atoms with E-state index >= 15 is 0 Å². The molecule has 0 N–H and O–H groups in total. The highest BCUT2D eigenvalue weighted by molar-refractivity contribution is 5.26. The Labute approximate surface area is 63.0 Å². The lowest BCUT2D eigenvalue weighted by Gasteiger charge is -2.19. The van der Waals surface area contributed by atoms with Crippen LogP contribution in [0.25, 0.3) is 0 Å². The van der Waals surface area contributed by atoms with Crippen LogP contribution in [-0.4, -0.2) is 0 Å². The van der Waals surface area contributed by atoms with Gasteiger partial charge in [-0.3, -0.25) is 0 Å². The lowest BCUT2D eigenvalue weighted by molar-refractivity contribution is 0.306. The van der Waals surface area contributed by atoms with Crippen LogP contribution in [0.2, 0.25) is 0 Å². The van der Waals surface area contributed by atoms with Gasteiger partial charge < -0.3 is 0 Å². The summed E-state index contributed by atoms with van der Waals surface area (Å²) in [7, 11) is 0. The number of hydrogen-bond acceptors (Lipinski definition) is 0. The third kappa shape index (κ3) is 0.466. The highest BCUT2D eigenvalue weighted by atomic mass is 14.8. The van der Waals surface area contributed by atoms with Crippen LogP contribution in [0.4, 0.5) is 0 Å². The Bertz CT molecular complexity index is 182. The van der Waals surface area contributed by atoms with Gasteiger partial charge in [0.15, 0.2) is 0 Å². The third-order valence-corrected chi connectivity index (χ3v) is 4.23. The van der Waals surface area contributed by atoms with Crippen LogP contribution in [0.15, 0.2) is 0 Å². The first-order valence-electron chi connectivity index (χ1n) is 4.64. The van der Waals surface area contributed by atoms with Gasteiger partial charge in [0, 0.05) is 0 Å². The summed E-state index contributed by atoms with van der Waals surface area (Å²) in [5.74, 6) is 2.43. The maximum atomic E-state index is 2.44. The molecule has 3 aliphatic carbocycles. The summed E-state index contributed by atoms with van der Waals surface area (Å²) in [6.45, 7) is 4.89. The van der Waals surface area contributed by atoms with Crippen molar-refractivity contribution in [3.8, 4) is 0 Å². The summed E-state index contributed by atoms with van der Waals surface area (Å²) in [4.78, 5) is 0. The van der Waals surface area contributed by atoms with E-state index in [9.17, 15) is 0 Å². The van der Waals surface area contributed by atoms with E-state index in [0.717, 1.165) is 5.41 Å². The molecule has 0 amide bonds. The molecule has 1 spiro atoms. The number of hydrogen-bond donors (Lipinski definition) is 0. The largest absolute Gasteiger partial charge is 0.0599 e. The molecule has 0 aromatic heterocycles. The second-order valence-corrected chi connectivity index (χ2v) is 5.52. The molecule has 0 bridgehead atoms. The minimum atomic E-state index is 0.702. The third-order valence-electron chi connectivity index (χ3n) is 4.23. The number of fused-ring (bicyclic) bond motifs is 3. The molecule has 0 heteroatoms. The Hall–Kier alpha value is 0. The summed E-state index contributed by atoms with van der Waals surface area (Å²) >= 11 is 0. The van der Waals surface area contributed by atoms with Crippen LogP contribution in [0.1, 0.15) is 39.5 Å². The summed E-state index contributed by atoms with van der Waals surface area (Å²) in [5.41, 5.74) is 1.64. The maximum absolute atomic E-state index is 2.44. The Morgan fingerprint density at radius 3 is 2.00 bits per heavy atom. The van der Waals surface area contributed by atoms with Crippen LogP contribution in [-0.2, 0) is 0 Å². The van der Waals surface area contributed by atoms with Crippen molar-refractivity contribution >= 4 is 0 Å². The molecule has 3 fully saturated rings. The Balaban J connectivity index is 1.83. The normalized spacial score (nSPS) is 60.6. The van der Waals surface area contributed by atoms with Crippen molar-refractivity contribution in [1.82, 2.24) is 0 Å². The molecule has 0 saturated heterocycles. The van der Waals surface area contributed by atoms with Crippen LogP contribution < -0.4 is 0 Å². The van der Waals surface area contributed by atoms with Gasteiger partial charge in [-0.05, 0) is 48.3 Å². The second kappa shape index (κ2) is 1.19. The predicted molar refractivity (Wildman–Crippen MR) is 41.7 cm³/mol. The van der Waals surface area contributed by atoms with E-state index in [1.165, 1.54) is 18.3 Å². The molecule has 10 heavy (non-hydrogen) atoms. The zero-order valence-corrected chi connectivity index (χ0v) is 6.98. The Morgan fingerprint density at radius 1 is 1.10 bits per heavy atom. The molecule has 2 atom stereocenters. The van der Waals surface area contributed by atoms with Gasteiger partial charge >= 0.3 is 0 Å². The van der Waals surface area contributed by atoms with Gasteiger partial charge in [0.05, 0.1) is 0 Å².